The van der Waals surface area contributed by atoms with Crippen LogP contribution in [0.4, 0.5) is 0 Å². The molecule has 0 N–H and O–H groups in total. The van der Waals surface area contributed by atoms with Gasteiger partial charge in [-0.15, -0.1) is 0 Å². The van der Waals surface area contributed by atoms with Crippen LogP contribution < -0.4 is 5.56 Å². The highest BCUT2D eigenvalue weighted by atomic mass is 79.9. The van der Waals surface area contributed by atoms with Crippen LogP contribution >= 0.6 is 39.3 Å². The molecule has 4 rings (SSSR count). The number of halogens is 2. The second-order valence-electron chi connectivity index (χ2n) is 5.71. The molecule has 0 spiro atoms. The molecule has 0 saturated heterocycles. The van der Waals surface area contributed by atoms with Crippen molar-refractivity contribution in [1.29, 1.82) is 0 Å². The van der Waals surface area contributed by atoms with Crippen molar-refractivity contribution in [3.05, 3.63) is 86.7 Å². The second kappa shape index (κ2) is 7.80. The lowest BCUT2D eigenvalue weighted by molar-refractivity contribution is 0.748. The molecule has 5 nitrogen and oxygen atoms in total. The largest absolute Gasteiger partial charge is 0.294 e. The SMILES string of the molecule is O=c1c2c(Cl)c(Sc3cnc(Br)cn3)ccc2ncn1Cc1ccccc1. The van der Waals surface area contributed by atoms with Crippen LogP contribution in [0.2, 0.25) is 5.02 Å². The van der Waals surface area contributed by atoms with Gasteiger partial charge in [-0.25, -0.2) is 15.0 Å². The molecule has 134 valence electrons. The minimum atomic E-state index is -0.168. The van der Waals surface area contributed by atoms with E-state index < -0.39 is 0 Å². The van der Waals surface area contributed by atoms with Crippen molar-refractivity contribution in [2.45, 2.75) is 16.5 Å². The fraction of sp³-hybridized carbons (Fsp3) is 0.0526. The third kappa shape index (κ3) is 3.90. The van der Waals surface area contributed by atoms with Crippen LogP contribution in [0, 0.1) is 0 Å². The molecule has 0 aliphatic heterocycles. The molecule has 0 radical (unpaired) electrons. The number of hydrogen-bond donors (Lipinski definition) is 0. The fourth-order valence-corrected chi connectivity index (χ4v) is 3.95. The summed E-state index contributed by atoms with van der Waals surface area (Å²) in [6, 6.07) is 13.4. The zero-order valence-corrected chi connectivity index (χ0v) is 17.0. The van der Waals surface area contributed by atoms with Crippen LogP contribution in [0.1, 0.15) is 5.56 Å². The smallest absolute Gasteiger partial charge is 0.263 e. The molecular formula is C19H12BrClN4OS. The topological polar surface area (TPSA) is 60.7 Å². The van der Waals surface area contributed by atoms with E-state index in [9.17, 15) is 4.79 Å². The molecule has 2 heterocycles. The van der Waals surface area contributed by atoms with E-state index in [1.165, 1.54) is 11.8 Å². The Kier molecular flexibility index (Phi) is 5.24. The average Bonchev–Trinajstić information content (AvgIpc) is 2.68. The first-order valence-electron chi connectivity index (χ1n) is 7.99. The number of rotatable bonds is 4. The molecular weight excluding hydrogens is 448 g/mol. The summed E-state index contributed by atoms with van der Waals surface area (Å²) in [6.07, 6.45) is 4.82. The van der Waals surface area contributed by atoms with Crippen molar-refractivity contribution in [2.75, 3.05) is 0 Å². The number of benzene rings is 2. The van der Waals surface area contributed by atoms with Gasteiger partial charge in [-0.05, 0) is 33.6 Å². The number of aromatic nitrogens is 4. The number of nitrogens with zero attached hydrogens (tertiary/aromatic N) is 4. The van der Waals surface area contributed by atoms with Crippen LogP contribution in [-0.4, -0.2) is 19.5 Å². The van der Waals surface area contributed by atoms with Gasteiger partial charge in [-0.1, -0.05) is 53.7 Å². The molecule has 0 amide bonds. The van der Waals surface area contributed by atoms with Crippen LogP contribution in [0.15, 0.2) is 80.5 Å². The van der Waals surface area contributed by atoms with Gasteiger partial charge in [0.2, 0.25) is 0 Å². The van der Waals surface area contributed by atoms with Gasteiger partial charge in [0.25, 0.3) is 5.56 Å². The fourth-order valence-electron chi connectivity index (χ4n) is 2.62. The zero-order valence-electron chi connectivity index (χ0n) is 13.8. The molecule has 0 unspecified atom stereocenters. The highest BCUT2D eigenvalue weighted by Crippen LogP contribution is 2.35. The van der Waals surface area contributed by atoms with Crippen LogP contribution in [0.5, 0.6) is 0 Å². The maximum absolute atomic E-state index is 13.0. The lowest BCUT2D eigenvalue weighted by Gasteiger charge is -2.10. The van der Waals surface area contributed by atoms with E-state index in [1.807, 2.05) is 36.4 Å². The van der Waals surface area contributed by atoms with E-state index in [1.54, 1.807) is 29.4 Å². The summed E-state index contributed by atoms with van der Waals surface area (Å²) in [5.41, 5.74) is 1.42. The van der Waals surface area contributed by atoms with E-state index >= 15 is 0 Å². The van der Waals surface area contributed by atoms with Gasteiger partial charge >= 0.3 is 0 Å². The predicted molar refractivity (Wildman–Crippen MR) is 110 cm³/mol. The standard InChI is InChI=1S/C19H12BrClN4OS/c20-15-8-23-16(9-22-15)27-14-7-6-13-17(18(14)21)19(26)25(11-24-13)10-12-4-2-1-3-5-12/h1-9,11H,10H2. The summed E-state index contributed by atoms with van der Waals surface area (Å²) in [5, 5.41) is 1.47. The van der Waals surface area contributed by atoms with Gasteiger partial charge in [0.15, 0.2) is 0 Å². The van der Waals surface area contributed by atoms with Gasteiger partial charge < -0.3 is 0 Å². The molecule has 0 saturated carbocycles. The first kappa shape index (κ1) is 18.2. The first-order valence-corrected chi connectivity index (χ1v) is 9.97. The van der Waals surface area contributed by atoms with Crippen molar-refractivity contribution in [3.8, 4) is 0 Å². The molecule has 27 heavy (non-hydrogen) atoms. The van der Waals surface area contributed by atoms with Crippen LogP contribution in [0.3, 0.4) is 0 Å². The third-order valence-corrected chi connectivity index (χ3v) is 5.80. The lowest BCUT2D eigenvalue weighted by atomic mass is 10.2. The Labute approximate surface area is 172 Å². The Morgan fingerprint density at radius 1 is 1.04 bits per heavy atom. The van der Waals surface area contributed by atoms with Gasteiger partial charge in [0.05, 0.1) is 41.2 Å². The Morgan fingerprint density at radius 2 is 1.85 bits per heavy atom. The van der Waals surface area contributed by atoms with E-state index in [0.717, 1.165) is 10.5 Å². The minimum absolute atomic E-state index is 0.168. The Hall–Kier alpha value is -2.22. The van der Waals surface area contributed by atoms with Gasteiger partial charge in [0.1, 0.15) is 9.63 Å². The third-order valence-electron chi connectivity index (χ3n) is 3.90. The molecule has 8 heteroatoms. The molecule has 0 fully saturated rings. The summed E-state index contributed by atoms with van der Waals surface area (Å²) < 4.78 is 2.22. The molecule has 4 aromatic rings. The highest BCUT2D eigenvalue weighted by Gasteiger charge is 2.14. The van der Waals surface area contributed by atoms with Crippen molar-refractivity contribution < 1.29 is 0 Å². The molecule has 0 atom stereocenters. The summed E-state index contributed by atoms with van der Waals surface area (Å²) in [4.78, 5) is 26.6. The Balaban J connectivity index is 1.75. The summed E-state index contributed by atoms with van der Waals surface area (Å²) in [7, 11) is 0. The predicted octanol–water partition coefficient (Wildman–Crippen LogP) is 4.80. The van der Waals surface area contributed by atoms with Crippen LogP contribution in [-0.2, 0) is 6.54 Å². The second-order valence-corrected chi connectivity index (χ2v) is 7.97. The maximum Gasteiger partial charge on any atom is 0.263 e. The molecule has 2 aromatic carbocycles. The van der Waals surface area contributed by atoms with Crippen LogP contribution in [0.25, 0.3) is 10.9 Å². The monoisotopic (exact) mass is 458 g/mol. The summed E-state index contributed by atoms with van der Waals surface area (Å²) in [6.45, 7) is 0.439. The number of fused-ring (bicyclic) bond motifs is 1. The zero-order chi connectivity index (χ0) is 18.8. The van der Waals surface area contributed by atoms with Gasteiger partial charge in [-0.2, -0.15) is 0 Å². The quantitative estimate of drug-likeness (QED) is 0.439. The normalized spacial score (nSPS) is 11.0. The lowest BCUT2D eigenvalue weighted by Crippen LogP contribution is -2.21. The minimum Gasteiger partial charge on any atom is -0.294 e. The van der Waals surface area contributed by atoms with E-state index in [4.69, 9.17) is 11.6 Å². The number of hydrogen-bond acceptors (Lipinski definition) is 5. The Morgan fingerprint density at radius 3 is 2.59 bits per heavy atom. The van der Waals surface area contributed by atoms with E-state index in [2.05, 4.69) is 30.9 Å². The van der Waals surface area contributed by atoms with E-state index in [-0.39, 0.29) is 5.56 Å². The van der Waals surface area contributed by atoms with Crippen molar-refractivity contribution >= 4 is 50.2 Å². The maximum atomic E-state index is 13.0. The summed E-state index contributed by atoms with van der Waals surface area (Å²) >= 11 is 11.2. The molecule has 0 aliphatic rings. The van der Waals surface area contributed by atoms with E-state index in [0.29, 0.717) is 32.1 Å². The Bertz CT molecular complexity index is 1170. The van der Waals surface area contributed by atoms with Gasteiger partial charge in [0, 0.05) is 4.90 Å². The van der Waals surface area contributed by atoms with Crippen molar-refractivity contribution in [3.63, 3.8) is 0 Å². The van der Waals surface area contributed by atoms with Crippen molar-refractivity contribution in [2.24, 2.45) is 0 Å². The van der Waals surface area contributed by atoms with Crippen molar-refractivity contribution in [1.82, 2.24) is 19.5 Å². The molecule has 0 bridgehead atoms. The van der Waals surface area contributed by atoms with Gasteiger partial charge in [-0.3, -0.25) is 9.36 Å². The average molecular weight is 460 g/mol. The summed E-state index contributed by atoms with van der Waals surface area (Å²) in [5.74, 6) is 0. The highest BCUT2D eigenvalue weighted by molar-refractivity contribution is 9.10. The molecule has 0 aliphatic carbocycles. The molecule has 2 aromatic heterocycles. The first-order chi connectivity index (χ1) is 13.1.